The fourth-order valence-electron chi connectivity index (χ4n) is 1.69. The molecule has 0 fully saturated rings. The highest BCUT2D eigenvalue weighted by atomic mass is 19.1. The van der Waals surface area contributed by atoms with Crippen molar-refractivity contribution in [2.45, 2.75) is 20.5 Å². The van der Waals surface area contributed by atoms with Crippen LogP contribution >= 0.6 is 0 Å². The molecule has 18 heavy (non-hydrogen) atoms. The highest BCUT2D eigenvalue weighted by Crippen LogP contribution is 2.22. The monoisotopic (exact) mass is 248 g/mol. The number of ether oxygens (including phenoxy) is 1. The molecular weight excluding hydrogens is 234 g/mol. The Morgan fingerprint density at radius 2 is 1.83 bits per heavy atom. The summed E-state index contributed by atoms with van der Waals surface area (Å²) in [6.45, 7) is 3.94. The summed E-state index contributed by atoms with van der Waals surface area (Å²) in [6, 6.07) is 9.03. The molecule has 2 aromatic rings. The highest BCUT2D eigenvalue weighted by Gasteiger charge is 2.06. The molecule has 3 heteroatoms. The molecule has 0 N–H and O–H groups in total. The molecule has 0 atom stereocenters. The van der Waals surface area contributed by atoms with Crippen LogP contribution in [0.25, 0.3) is 0 Å². The highest BCUT2D eigenvalue weighted by molar-refractivity contribution is 5.38. The van der Waals surface area contributed by atoms with Gasteiger partial charge in [0.2, 0.25) is 0 Å². The Balaban J connectivity index is 2.16. The molecule has 0 bridgehead atoms. The minimum Gasteiger partial charge on any atom is -0.489 e. The van der Waals surface area contributed by atoms with E-state index in [9.17, 15) is 8.78 Å². The van der Waals surface area contributed by atoms with Crippen molar-refractivity contribution in [2.24, 2.45) is 0 Å². The lowest BCUT2D eigenvalue weighted by atomic mass is 10.1. The summed E-state index contributed by atoms with van der Waals surface area (Å²) >= 11 is 0. The number of aryl methyl sites for hydroxylation is 1. The van der Waals surface area contributed by atoms with E-state index in [4.69, 9.17) is 4.74 Å². The van der Waals surface area contributed by atoms with Gasteiger partial charge in [0.1, 0.15) is 24.0 Å². The maximum atomic E-state index is 13.4. The van der Waals surface area contributed by atoms with E-state index >= 15 is 0 Å². The molecule has 0 saturated carbocycles. The zero-order valence-corrected chi connectivity index (χ0v) is 10.3. The predicted molar refractivity (Wildman–Crippen MR) is 66.6 cm³/mol. The molecule has 0 radical (unpaired) electrons. The van der Waals surface area contributed by atoms with Crippen LogP contribution in [-0.2, 0) is 6.61 Å². The Labute approximate surface area is 105 Å². The van der Waals surface area contributed by atoms with Crippen LogP contribution in [0.2, 0.25) is 0 Å². The minimum atomic E-state index is -0.462. The Hall–Kier alpha value is -1.90. The number of hydrogen-bond acceptors (Lipinski definition) is 1. The van der Waals surface area contributed by atoms with Crippen molar-refractivity contribution in [3.8, 4) is 5.75 Å². The fraction of sp³-hybridized carbons (Fsp3) is 0.200. The van der Waals surface area contributed by atoms with Gasteiger partial charge in [-0.1, -0.05) is 12.1 Å². The standard InChI is InChI=1S/C15H14F2O/c1-10-4-3-5-15(11(10)2)18-9-12-8-13(16)6-7-14(12)17/h3-8H,9H2,1-2H3. The van der Waals surface area contributed by atoms with Gasteiger partial charge in [0.15, 0.2) is 0 Å². The maximum absolute atomic E-state index is 13.4. The molecule has 0 aromatic heterocycles. The van der Waals surface area contributed by atoms with Gasteiger partial charge in [0.25, 0.3) is 0 Å². The first-order valence-corrected chi connectivity index (χ1v) is 5.71. The van der Waals surface area contributed by atoms with Crippen LogP contribution in [0, 0.1) is 25.5 Å². The van der Waals surface area contributed by atoms with E-state index in [-0.39, 0.29) is 12.2 Å². The second kappa shape index (κ2) is 5.17. The second-order valence-corrected chi connectivity index (χ2v) is 4.22. The minimum absolute atomic E-state index is 0.0217. The van der Waals surface area contributed by atoms with Crippen LogP contribution in [0.15, 0.2) is 36.4 Å². The Bertz CT molecular complexity index is 562. The molecule has 2 aromatic carbocycles. The molecule has 0 spiro atoms. The molecule has 0 amide bonds. The van der Waals surface area contributed by atoms with E-state index in [0.29, 0.717) is 5.75 Å². The normalized spacial score (nSPS) is 10.4. The number of benzene rings is 2. The molecular formula is C15H14F2O. The van der Waals surface area contributed by atoms with E-state index in [1.807, 2.05) is 32.0 Å². The first-order chi connectivity index (χ1) is 8.58. The third-order valence-corrected chi connectivity index (χ3v) is 2.95. The van der Waals surface area contributed by atoms with E-state index in [2.05, 4.69) is 0 Å². The van der Waals surface area contributed by atoms with Gasteiger partial charge in [0, 0.05) is 5.56 Å². The largest absolute Gasteiger partial charge is 0.489 e. The van der Waals surface area contributed by atoms with Crippen molar-refractivity contribution in [2.75, 3.05) is 0 Å². The molecule has 1 nitrogen and oxygen atoms in total. The second-order valence-electron chi connectivity index (χ2n) is 4.22. The van der Waals surface area contributed by atoms with Gasteiger partial charge in [0.05, 0.1) is 0 Å². The van der Waals surface area contributed by atoms with E-state index in [0.717, 1.165) is 29.3 Å². The van der Waals surface area contributed by atoms with E-state index in [1.165, 1.54) is 0 Å². The molecule has 0 aliphatic heterocycles. The third kappa shape index (κ3) is 2.67. The zero-order valence-electron chi connectivity index (χ0n) is 10.3. The summed E-state index contributed by atoms with van der Waals surface area (Å²) in [5, 5.41) is 0. The van der Waals surface area contributed by atoms with Gasteiger partial charge in [-0.15, -0.1) is 0 Å². The van der Waals surface area contributed by atoms with Gasteiger partial charge >= 0.3 is 0 Å². The third-order valence-electron chi connectivity index (χ3n) is 2.95. The van der Waals surface area contributed by atoms with Crippen molar-refractivity contribution in [3.63, 3.8) is 0 Å². The van der Waals surface area contributed by atoms with Crippen molar-refractivity contribution < 1.29 is 13.5 Å². The predicted octanol–water partition coefficient (Wildman–Crippen LogP) is 4.16. The average Bonchev–Trinajstić information content (AvgIpc) is 2.35. The summed E-state index contributed by atoms with van der Waals surface area (Å²) in [6.07, 6.45) is 0. The lowest BCUT2D eigenvalue weighted by molar-refractivity contribution is 0.297. The van der Waals surface area contributed by atoms with Crippen molar-refractivity contribution in [3.05, 3.63) is 64.7 Å². The molecule has 2 rings (SSSR count). The topological polar surface area (TPSA) is 9.23 Å². The molecule has 0 aliphatic carbocycles. The first kappa shape index (κ1) is 12.6. The lowest BCUT2D eigenvalue weighted by Crippen LogP contribution is -2.01. The number of halogens is 2. The van der Waals surface area contributed by atoms with Gasteiger partial charge in [-0.05, 0) is 49.2 Å². The summed E-state index contributed by atoms with van der Waals surface area (Å²) in [4.78, 5) is 0. The Morgan fingerprint density at radius 3 is 2.61 bits per heavy atom. The fourth-order valence-corrected chi connectivity index (χ4v) is 1.69. The van der Waals surface area contributed by atoms with Crippen LogP contribution in [0.1, 0.15) is 16.7 Å². The smallest absolute Gasteiger partial charge is 0.130 e. The van der Waals surface area contributed by atoms with E-state index < -0.39 is 11.6 Å². The van der Waals surface area contributed by atoms with Gasteiger partial charge in [-0.2, -0.15) is 0 Å². The zero-order chi connectivity index (χ0) is 13.1. The first-order valence-electron chi connectivity index (χ1n) is 5.71. The van der Waals surface area contributed by atoms with Gasteiger partial charge in [-0.25, -0.2) is 8.78 Å². The average molecular weight is 248 g/mol. The van der Waals surface area contributed by atoms with Crippen molar-refractivity contribution >= 4 is 0 Å². The maximum Gasteiger partial charge on any atom is 0.130 e. The van der Waals surface area contributed by atoms with Crippen molar-refractivity contribution in [1.82, 2.24) is 0 Å². The van der Waals surface area contributed by atoms with E-state index in [1.54, 1.807) is 0 Å². The lowest BCUT2D eigenvalue weighted by Gasteiger charge is -2.11. The van der Waals surface area contributed by atoms with Crippen molar-refractivity contribution in [1.29, 1.82) is 0 Å². The van der Waals surface area contributed by atoms with Gasteiger partial charge in [-0.3, -0.25) is 0 Å². The van der Waals surface area contributed by atoms with Crippen LogP contribution in [-0.4, -0.2) is 0 Å². The molecule has 0 unspecified atom stereocenters. The number of rotatable bonds is 3. The summed E-state index contributed by atoms with van der Waals surface area (Å²) in [5.74, 6) is -0.226. The molecule has 0 aliphatic rings. The molecule has 0 saturated heterocycles. The van der Waals surface area contributed by atoms with Crippen LogP contribution < -0.4 is 4.74 Å². The summed E-state index contributed by atoms with van der Waals surface area (Å²) in [5.41, 5.74) is 2.33. The van der Waals surface area contributed by atoms with Gasteiger partial charge < -0.3 is 4.74 Å². The number of hydrogen-bond donors (Lipinski definition) is 0. The Morgan fingerprint density at radius 1 is 1.06 bits per heavy atom. The molecule has 0 heterocycles. The van der Waals surface area contributed by atoms with Crippen LogP contribution in [0.4, 0.5) is 8.78 Å². The van der Waals surface area contributed by atoms with Crippen LogP contribution in [0.5, 0.6) is 5.75 Å². The summed E-state index contributed by atoms with van der Waals surface area (Å²) < 4.78 is 31.9. The quantitative estimate of drug-likeness (QED) is 0.792. The Kier molecular flexibility index (Phi) is 3.60. The van der Waals surface area contributed by atoms with Crippen LogP contribution in [0.3, 0.4) is 0 Å². The molecule has 94 valence electrons. The summed E-state index contributed by atoms with van der Waals surface area (Å²) in [7, 11) is 0. The SMILES string of the molecule is Cc1cccc(OCc2cc(F)ccc2F)c1C.